The molecule has 1 aliphatic heterocycles. The van der Waals surface area contributed by atoms with Crippen LogP contribution in [0.2, 0.25) is 0 Å². The summed E-state index contributed by atoms with van der Waals surface area (Å²) in [6.45, 7) is 0. The van der Waals surface area contributed by atoms with Crippen molar-refractivity contribution in [1.82, 2.24) is 4.98 Å². The highest BCUT2D eigenvalue weighted by atomic mass is 32.1. The Kier molecular flexibility index (Phi) is 3.38. The molecular weight excluding hydrogens is 298 g/mol. The number of benzene rings is 1. The van der Waals surface area contributed by atoms with Crippen LogP contribution in [0.15, 0.2) is 40.9 Å². The van der Waals surface area contributed by atoms with Gasteiger partial charge in [-0.1, -0.05) is 35.5 Å². The first kappa shape index (κ1) is 13.5. The van der Waals surface area contributed by atoms with Gasteiger partial charge in [-0.2, -0.15) is 0 Å². The van der Waals surface area contributed by atoms with E-state index in [0.717, 1.165) is 17.0 Å². The lowest BCUT2D eigenvalue weighted by Crippen LogP contribution is -2.28. The summed E-state index contributed by atoms with van der Waals surface area (Å²) in [6, 6.07) is 9.76. The average molecular weight is 313 g/mol. The van der Waals surface area contributed by atoms with E-state index in [1.807, 2.05) is 35.7 Å². The van der Waals surface area contributed by atoms with Gasteiger partial charge in [0, 0.05) is 17.7 Å². The summed E-state index contributed by atoms with van der Waals surface area (Å²) in [5, 5.41) is 9.53. The van der Waals surface area contributed by atoms with Crippen LogP contribution in [0.25, 0.3) is 0 Å². The van der Waals surface area contributed by atoms with Crippen LogP contribution >= 0.6 is 11.3 Å². The molecule has 2 aliphatic rings. The molecule has 0 spiro atoms. The van der Waals surface area contributed by atoms with E-state index >= 15 is 0 Å². The number of nitrogens with one attached hydrogen (secondary N) is 1. The van der Waals surface area contributed by atoms with E-state index in [9.17, 15) is 4.79 Å². The molecule has 112 valence electrons. The predicted octanol–water partition coefficient (Wildman–Crippen LogP) is 3.15. The Morgan fingerprint density at radius 3 is 2.86 bits per heavy atom. The molecule has 0 saturated heterocycles. The van der Waals surface area contributed by atoms with Crippen molar-refractivity contribution in [2.24, 2.45) is 5.16 Å². The molecule has 5 nitrogen and oxygen atoms in total. The van der Waals surface area contributed by atoms with Gasteiger partial charge in [0.25, 0.3) is 5.91 Å². The van der Waals surface area contributed by atoms with Crippen LogP contribution in [0.1, 0.15) is 36.4 Å². The summed E-state index contributed by atoms with van der Waals surface area (Å²) < 4.78 is 0. The molecule has 0 unspecified atom stereocenters. The highest BCUT2D eigenvalue weighted by Crippen LogP contribution is 2.40. The minimum absolute atomic E-state index is 0.189. The average Bonchev–Trinajstić information content (AvgIpc) is 3.10. The van der Waals surface area contributed by atoms with E-state index in [1.54, 1.807) is 0 Å². The number of hydrogen-bond acceptors (Lipinski definition) is 5. The van der Waals surface area contributed by atoms with Crippen molar-refractivity contribution in [2.45, 2.75) is 31.3 Å². The number of amides is 1. The van der Waals surface area contributed by atoms with Crippen molar-refractivity contribution >= 4 is 28.1 Å². The van der Waals surface area contributed by atoms with Crippen molar-refractivity contribution in [1.29, 1.82) is 0 Å². The van der Waals surface area contributed by atoms with Crippen molar-refractivity contribution in [3.63, 3.8) is 0 Å². The smallest absolute Gasteiger partial charge is 0.270 e. The SMILES string of the molecule is O=C(Nc1nc(C2CC2)cs1)[C@@H]1CC(c2ccccc2)=NO1. The highest BCUT2D eigenvalue weighted by Gasteiger charge is 2.30. The lowest BCUT2D eigenvalue weighted by molar-refractivity contribution is -0.125. The van der Waals surface area contributed by atoms with Crippen LogP contribution in [0, 0.1) is 0 Å². The lowest BCUT2D eigenvalue weighted by Gasteiger charge is -2.06. The first-order valence-electron chi connectivity index (χ1n) is 7.34. The van der Waals surface area contributed by atoms with Crippen molar-refractivity contribution in [3.05, 3.63) is 47.0 Å². The summed E-state index contributed by atoms with van der Waals surface area (Å²) in [6.07, 6.45) is 2.31. The van der Waals surface area contributed by atoms with Gasteiger partial charge in [0.1, 0.15) is 0 Å². The van der Waals surface area contributed by atoms with Crippen LogP contribution < -0.4 is 5.32 Å². The Balaban J connectivity index is 1.37. The molecule has 1 aliphatic carbocycles. The fourth-order valence-electron chi connectivity index (χ4n) is 2.42. The molecular formula is C16H15N3O2S. The van der Waals surface area contributed by atoms with Crippen LogP contribution in [0.5, 0.6) is 0 Å². The maximum Gasteiger partial charge on any atom is 0.270 e. The molecule has 2 aromatic rings. The second-order valence-electron chi connectivity index (χ2n) is 5.54. The molecule has 1 saturated carbocycles. The van der Waals surface area contributed by atoms with Gasteiger partial charge < -0.3 is 4.84 Å². The second kappa shape index (κ2) is 5.53. The first-order chi connectivity index (χ1) is 10.8. The number of anilines is 1. The minimum Gasteiger partial charge on any atom is -0.382 e. The largest absolute Gasteiger partial charge is 0.382 e. The monoisotopic (exact) mass is 313 g/mol. The van der Waals surface area contributed by atoms with Gasteiger partial charge in [-0.05, 0) is 18.4 Å². The number of hydrogen-bond donors (Lipinski definition) is 1. The molecule has 0 bridgehead atoms. The summed E-state index contributed by atoms with van der Waals surface area (Å²) in [4.78, 5) is 22.0. The van der Waals surface area contributed by atoms with Crippen molar-refractivity contribution < 1.29 is 9.63 Å². The van der Waals surface area contributed by atoms with E-state index in [-0.39, 0.29) is 5.91 Å². The molecule has 1 N–H and O–H groups in total. The normalized spacial score (nSPS) is 20.4. The number of oxime groups is 1. The Bertz CT molecular complexity index is 722. The predicted molar refractivity (Wildman–Crippen MR) is 85.2 cm³/mol. The maximum atomic E-state index is 12.2. The first-order valence-corrected chi connectivity index (χ1v) is 8.22. The molecule has 1 amide bonds. The molecule has 0 radical (unpaired) electrons. The summed E-state index contributed by atoms with van der Waals surface area (Å²) >= 11 is 1.47. The Labute approximate surface area is 132 Å². The van der Waals surface area contributed by atoms with Crippen molar-refractivity contribution in [2.75, 3.05) is 5.32 Å². The Hall–Kier alpha value is -2.21. The number of rotatable bonds is 4. The second-order valence-corrected chi connectivity index (χ2v) is 6.40. The Morgan fingerprint density at radius 2 is 2.09 bits per heavy atom. The number of carbonyl (C=O) groups excluding carboxylic acids is 1. The summed E-state index contributed by atoms with van der Waals surface area (Å²) in [5.41, 5.74) is 2.88. The molecule has 22 heavy (non-hydrogen) atoms. The minimum atomic E-state index is -0.580. The fourth-order valence-corrected chi connectivity index (χ4v) is 3.21. The summed E-state index contributed by atoms with van der Waals surface area (Å²) in [5.74, 6) is 0.407. The number of carbonyl (C=O) groups is 1. The van der Waals surface area contributed by atoms with E-state index in [0.29, 0.717) is 17.5 Å². The molecule has 1 atom stereocenters. The highest BCUT2D eigenvalue weighted by molar-refractivity contribution is 7.13. The van der Waals surface area contributed by atoms with Gasteiger partial charge >= 0.3 is 0 Å². The third-order valence-corrected chi connectivity index (χ3v) is 4.59. The van der Waals surface area contributed by atoms with E-state index in [2.05, 4.69) is 15.5 Å². The molecule has 1 aromatic carbocycles. The van der Waals surface area contributed by atoms with Gasteiger partial charge in [-0.3, -0.25) is 10.1 Å². The van der Waals surface area contributed by atoms with Gasteiger partial charge in [0.05, 0.1) is 11.4 Å². The van der Waals surface area contributed by atoms with Gasteiger partial charge in [0.2, 0.25) is 6.10 Å². The number of aromatic nitrogens is 1. The molecule has 1 aromatic heterocycles. The van der Waals surface area contributed by atoms with Gasteiger partial charge in [0.15, 0.2) is 5.13 Å². The molecule has 6 heteroatoms. The van der Waals surface area contributed by atoms with Crippen LogP contribution in [-0.2, 0) is 9.63 Å². The maximum absolute atomic E-state index is 12.2. The zero-order valence-electron chi connectivity index (χ0n) is 11.9. The van der Waals surface area contributed by atoms with Gasteiger partial charge in [-0.15, -0.1) is 11.3 Å². The number of nitrogens with zero attached hydrogens (tertiary/aromatic N) is 2. The quantitative estimate of drug-likeness (QED) is 0.943. The molecule has 4 rings (SSSR count). The third kappa shape index (κ3) is 2.74. The zero-order chi connectivity index (χ0) is 14.9. The molecule has 2 heterocycles. The fraction of sp³-hybridized carbons (Fsp3) is 0.312. The molecule has 1 fully saturated rings. The van der Waals surface area contributed by atoms with Crippen LogP contribution in [0.3, 0.4) is 0 Å². The van der Waals surface area contributed by atoms with Gasteiger partial charge in [-0.25, -0.2) is 4.98 Å². The van der Waals surface area contributed by atoms with E-state index < -0.39 is 6.10 Å². The topological polar surface area (TPSA) is 63.6 Å². The van der Waals surface area contributed by atoms with Crippen molar-refractivity contribution in [3.8, 4) is 0 Å². The zero-order valence-corrected chi connectivity index (χ0v) is 12.7. The van der Waals surface area contributed by atoms with E-state index in [4.69, 9.17) is 4.84 Å². The van der Waals surface area contributed by atoms with Crippen LogP contribution in [0.4, 0.5) is 5.13 Å². The number of thiazole rings is 1. The lowest BCUT2D eigenvalue weighted by atomic mass is 10.1. The van der Waals surface area contributed by atoms with E-state index in [1.165, 1.54) is 24.2 Å². The Morgan fingerprint density at radius 1 is 1.27 bits per heavy atom. The van der Waals surface area contributed by atoms with Crippen LogP contribution in [-0.4, -0.2) is 22.7 Å². The standard InChI is InChI=1S/C16H15N3O2S/c20-15(18-16-17-13(9-22-16)11-6-7-11)14-8-12(19-21-14)10-4-2-1-3-5-10/h1-5,9,11,14H,6-8H2,(H,17,18,20)/t14-/m0/s1. The third-order valence-electron chi connectivity index (χ3n) is 3.82. The summed E-state index contributed by atoms with van der Waals surface area (Å²) in [7, 11) is 0.